The number of morpholine rings is 1. The molecule has 1 aliphatic rings. The lowest BCUT2D eigenvalue weighted by atomic mass is 10.2. The lowest BCUT2D eigenvalue weighted by Gasteiger charge is -2.32. The minimum Gasteiger partial charge on any atom is -0.409 e. The number of nitrogens with zero attached hydrogens (tertiary/aromatic N) is 2. The van der Waals surface area contributed by atoms with Gasteiger partial charge in [-0.05, 0) is 17.7 Å². The first-order valence-corrected chi connectivity index (χ1v) is 6.54. The molecule has 0 aromatic heterocycles. The van der Waals surface area contributed by atoms with Crippen molar-refractivity contribution in [2.24, 2.45) is 10.9 Å². The van der Waals surface area contributed by atoms with Gasteiger partial charge in [-0.3, -0.25) is 4.90 Å². The average molecular weight is 314 g/mol. The smallest absolute Gasteiger partial charge is 0.169 e. The molecular weight excluding hydrogens is 298 g/mol. The van der Waals surface area contributed by atoms with E-state index >= 15 is 0 Å². The lowest BCUT2D eigenvalue weighted by Crippen LogP contribution is -2.48. The van der Waals surface area contributed by atoms with E-state index < -0.39 is 0 Å². The standard InChI is InChI=1S/C12H16BrN3O2/c13-10-3-1-2-9(6-10)7-16-4-5-18-11(8-16)12(14)15-17/h1-3,6,11,17H,4-5,7-8H2,(H2,14,15). The number of benzene rings is 1. The molecule has 0 bridgehead atoms. The van der Waals surface area contributed by atoms with Crippen LogP contribution < -0.4 is 5.73 Å². The van der Waals surface area contributed by atoms with Crippen molar-refractivity contribution < 1.29 is 9.94 Å². The number of nitrogens with two attached hydrogens (primary N) is 1. The van der Waals surface area contributed by atoms with E-state index in [4.69, 9.17) is 15.7 Å². The van der Waals surface area contributed by atoms with Gasteiger partial charge in [-0.1, -0.05) is 33.2 Å². The predicted molar refractivity (Wildman–Crippen MR) is 72.6 cm³/mol. The predicted octanol–water partition coefficient (Wildman–Crippen LogP) is 1.40. The molecule has 0 radical (unpaired) electrons. The Bertz CT molecular complexity index is 439. The van der Waals surface area contributed by atoms with Crippen LogP contribution in [0.25, 0.3) is 0 Å². The summed E-state index contributed by atoms with van der Waals surface area (Å²) < 4.78 is 6.53. The van der Waals surface area contributed by atoms with Crippen molar-refractivity contribution in [3.8, 4) is 0 Å². The fraction of sp³-hybridized carbons (Fsp3) is 0.417. The van der Waals surface area contributed by atoms with Gasteiger partial charge in [0, 0.05) is 24.1 Å². The summed E-state index contributed by atoms with van der Waals surface area (Å²) in [6.45, 7) is 2.91. The summed E-state index contributed by atoms with van der Waals surface area (Å²) in [6.07, 6.45) is -0.323. The molecule has 6 heteroatoms. The summed E-state index contributed by atoms with van der Waals surface area (Å²) in [6, 6.07) is 8.19. The van der Waals surface area contributed by atoms with Gasteiger partial charge in [-0.25, -0.2) is 0 Å². The van der Waals surface area contributed by atoms with E-state index in [-0.39, 0.29) is 11.9 Å². The van der Waals surface area contributed by atoms with E-state index in [0.717, 1.165) is 17.6 Å². The summed E-state index contributed by atoms with van der Waals surface area (Å²) >= 11 is 3.46. The third-order valence-electron chi connectivity index (χ3n) is 2.89. The van der Waals surface area contributed by atoms with E-state index in [0.29, 0.717) is 13.2 Å². The Morgan fingerprint density at radius 2 is 2.44 bits per heavy atom. The van der Waals surface area contributed by atoms with Crippen LogP contribution in [0.1, 0.15) is 5.56 Å². The van der Waals surface area contributed by atoms with Gasteiger partial charge in [0.25, 0.3) is 0 Å². The minimum absolute atomic E-state index is 0.133. The second-order valence-electron chi connectivity index (χ2n) is 4.25. The molecule has 1 aromatic carbocycles. The molecule has 1 unspecified atom stereocenters. The molecule has 0 aliphatic carbocycles. The number of amidine groups is 1. The Morgan fingerprint density at radius 3 is 3.17 bits per heavy atom. The molecule has 98 valence electrons. The third kappa shape index (κ3) is 3.44. The zero-order valence-electron chi connectivity index (χ0n) is 9.92. The summed E-state index contributed by atoms with van der Waals surface area (Å²) in [5.41, 5.74) is 6.79. The average Bonchev–Trinajstić information content (AvgIpc) is 2.38. The third-order valence-corrected chi connectivity index (χ3v) is 3.38. The summed E-state index contributed by atoms with van der Waals surface area (Å²) in [4.78, 5) is 2.23. The Kier molecular flexibility index (Phi) is 4.57. The minimum atomic E-state index is -0.323. The van der Waals surface area contributed by atoms with E-state index in [1.165, 1.54) is 5.56 Å². The molecule has 1 atom stereocenters. The van der Waals surface area contributed by atoms with Crippen molar-refractivity contribution in [3.63, 3.8) is 0 Å². The van der Waals surface area contributed by atoms with Gasteiger partial charge in [0.1, 0.15) is 6.10 Å². The van der Waals surface area contributed by atoms with Crippen molar-refractivity contribution in [3.05, 3.63) is 34.3 Å². The molecule has 0 spiro atoms. The number of hydrogen-bond donors (Lipinski definition) is 2. The molecule has 1 heterocycles. The van der Waals surface area contributed by atoms with Gasteiger partial charge in [-0.15, -0.1) is 0 Å². The van der Waals surface area contributed by atoms with E-state index in [2.05, 4.69) is 38.1 Å². The molecule has 3 N–H and O–H groups in total. The highest BCUT2D eigenvalue weighted by molar-refractivity contribution is 9.10. The zero-order valence-corrected chi connectivity index (χ0v) is 11.5. The molecule has 1 aliphatic heterocycles. The Hall–Kier alpha value is -1.11. The van der Waals surface area contributed by atoms with Gasteiger partial charge < -0.3 is 15.7 Å². The Labute approximate surface area is 114 Å². The molecular formula is C12H16BrN3O2. The van der Waals surface area contributed by atoms with E-state index in [1.807, 2.05) is 12.1 Å². The number of rotatable bonds is 3. The molecule has 1 aromatic rings. The van der Waals surface area contributed by atoms with Gasteiger partial charge in [0.15, 0.2) is 5.84 Å². The highest BCUT2D eigenvalue weighted by Crippen LogP contribution is 2.15. The lowest BCUT2D eigenvalue weighted by molar-refractivity contribution is 0.00141. The first-order valence-electron chi connectivity index (χ1n) is 5.75. The molecule has 2 rings (SSSR count). The first-order chi connectivity index (χ1) is 8.69. The van der Waals surface area contributed by atoms with Crippen molar-refractivity contribution in [1.29, 1.82) is 0 Å². The normalized spacial score (nSPS) is 22.1. The van der Waals surface area contributed by atoms with Gasteiger partial charge >= 0.3 is 0 Å². The van der Waals surface area contributed by atoms with Gasteiger partial charge in [0.2, 0.25) is 0 Å². The van der Waals surface area contributed by atoms with Gasteiger partial charge in [0.05, 0.1) is 6.61 Å². The second kappa shape index (κ2) is 6.17. The molecule has 0 amide bonds. The van der Waals surface area contributed by atoms with Crippen LogP contribution in [0.5, 0.6) is 0 Å². The van der Waals surface area contributed by atoms with Crippen LogP contribution >= 0.6 is 15.9 Å². The van der Waals surface area contributed by atoms with E-state index in [9.17, 15) is 0 Å². The van der Waals surface area contributed by atoms with E-state index in [1.54, 1.807) is 0 Å². The maximum absolute atomic E-state index is 8.66. The highest BCUT2D eigenvalue weighted by atomic mass is 79.9. The highest BCUT2D eigenvalue weighted by Gasteiger charge is 2.23. The Balaban J connectivity index is 1.97. The number of ether oxygens (including phenoxy) is 1. The number of hydrogen-bond acceptors (Lipinski definition) is 4. The van der Waals surface area contributed by atoms with Crippen LogP contribution in [0.15, 0.2) is 33.9 Å². The number of halogens is 1. The van der Waals surface area contributed by atoms with Crippen LogP contribution in [0, 0.1) is 0 Å². The first kappa shape index (κ1) is 13.3. The van der Waals surface area contributed by atoms with Crippen LogP contribution in [0.2, 0.25) is 0 Å². The molecule has 1 saturated heterocycles. The van der Waals surface area contributed by atoms with Crippen LogP contribution in [0.4, 0.5) is 0 Å². The van der Waals surface area contributed by atoms with Crippen LogP contribution in [-0.2, 0) is 11.3 Å². The SMILES string of the molecule is NC(=NO)C1CN(Cc2cccc(Br)c2)CCO1. The van der Waals surface area contributed by atoms with Crippen molar-refractivity contribution in [1.82, 2.24) is 4.90 Å². The fourth-order valence-corrected chi connectivity index (χ4v) is 2.43. The molecule has 5 nitrogen and oxygen atoms in total. The Morgan fingerprint density at radius 1 is 1.61 bits per heavy atom. The topological polar surface area (TPSA) is 71.1 Å². The van der Waals surface area contributed by atoms with Crippen molar-refractivity contribution in [2.45, 2.75) is 12.6 Å². The summed E-state index contributed by atoms with van der Waals surface area (Å²) in [7, 11) is 0. The largest absolute Gasteiger partial charge is 0.409 e. The zero-order chi connectivity index (χ0) is 13.0. The second-order valence-corrected chi connectivity index (χ2v) is 5.17. The maximum Gasteiger partial charge on any atom is 0.169 e. The van der Waals surface area contributed by atoms with Crippen LogP contribution in [-0.4, -0.2) is 41.7 Å². The fourth-order valence-electron chi connectivity index (χ4n) is 1.98. The van der Waals surface area contributed by atoms with Gasteiger partial charge in [-0.2, -0.15) is 0 Å². The number of oxime groups is 1. The molecule has 0 saturated carbocycles. The van der Waals surface area contributed by atoms with Crippen molar-refractivity contribution in [2.75, 3.05) is 19.7 Å². The summed E-state index contributed by atoms with van der Waals surface area (Å²) in [5, 5.41) is 11.7. The maximum atomic E-state index is 8.66. The van der Waals surface area contributed by atoms with Crippen molar-refractivity contribution >= 4 is 21.8 Å². The molecule has 1 fully saturated rings. The summed E-state index contributed by atoms with van der Waals surface area (Å²) in [5.74, 6) is 0.133. The molecule has 18 heavy (non-hydrogen) atoms. The quantitative estimate of drug-likeness (QED) is 0.383. The van der Waals surface area contributed by atoms with Crippen LogP contribution in [0.3, 0.4) is 0 Å². The monoisotopic (exact) mass is 313 g/mol.